The van der Waals surface area contributed by atoms with Gasteiger partial charge in [-0.3, -0.25) is 9.79 Å². The number of amides is 1. The average molecular weight is 471 g/mol. The van der Waals surface area contributed by atoms with E-state index in [1.54, 1.807) is 7.11 Å². The molecule has 7 nitrogen and oxygen atoms in total. The van der Waals surface area contributed by atoms with E-state index >= 15 is 0 Å². The summed E-state index contributed by atoms with van der Waals surface area (Å²) < 4.78 is 5.06. The normalized spacial score (nSPS) is 11.9. The third-order valence-electron chi connectivity index (χ3n) is 3.37. The van der Waals surface area contributed by atoms with E-state index in [1.807, 2.05) is 27.7 Å². The SMILES string of the molecule is CCNC(=NCCN(C)CCCOC)NCCNC(=O)C(C)(C)C.I. The quantitative estimate of drug-likeness (QED) is 0.183. The van der Waals surface area contributed by atoms with Gasteiger partial charge in [-0.05, 0) is 20.4 Å². The van der Waals surface area contributed by atoms with Crippen LogP contribution in [0.5, 0.6) is 0 Å². The Morgan fingerprint density at radius 1 is 1.12 bits per heavy atom. The Morgan fingerprint density at radius 3 is 2.32 bits per heavy atom. The summed E-state index contributed by atoms with van der Waals surface area (Å²) in [6, 6.07) is 0. The first kappa shape index (κ1) is 26.6. The topological polar surface area (TPSA) is 78.0 Å². The lowest BCUT2D eigenvalue weighted by molar-refractivity contribution is -0.128. The van der Waals surface area contributed by atoms with E-state index in [9.17, 15) is 4.79 Å². The van der Waals surface area contributed by atoms with Crippen LogP contribution < -0.4 is 16.0 Å². The van der Waals surface area contributed by atoms with Gasteiger partial charge in [-0.25, -0.2) is 0 Å². The predicted molar refractivity (Wildman–Crippen MR) is 116 cm³/mol. The summed E-state index contributed by atoms with van der Waals surface area (Å²) in [5.41, 5.74) is -0.355. The van der Waals surface area contributed by atoms with E-state index in [4.69, 9.17) is 4.74 Å². The highest BCUT2D eigenvalue weighted by molar-refractivity contribution is 14.0. The van der Waals surface area contributed by atoms with Gasteiger partial charge in [-0.1, -0.05) is 20.8 Å². The van der Waals surface area contributed by atoms with E-state index < -0.39 is 0 Å². The van der Waals surface area contributed by atoms with E-state index in [0.29, 0.717) is 13.1 Å². The molecular formula is C17H38IN5O2. The largest absolute Gasteiger partial charge is 0.385 e. The number of likely N-dealkylation sites (N-methyl/N-ethyl adjacent to an activating group) is 1. The van der Waals surface area contributed by atoms with Crippen molar-refractivity contribution < 1.29 is 9.53 Å². The van der Waals surface area contributed by atoms with Crippen molar-refractivity contribution in [2.24, 2.45) is 10.4 Å². The number of carbonyl (C=O) groups is 1. The Balaban J connectivity index is 0. The highest BCUT2D eigenvalue weighted by Gasteiger charge is 2.20. The number of nitrogens with zero attached hydrogens (tertiary/aromatic N) is 2. The average Bonchev–Trinajstić information content (AvgIpc) is 2.50. The Hall–Kier alpha value is -0.610. The maximum Gasteiger partial charge on any atom is 0.225 e. The molecule has 0 saturated carbocycles. The van der Waals surface area contributed by atoms with Crippen LogP contribution in [0.4, 0.5) is 0 Å². The second kappa shape index (κ2) is 15.6. The molecule has 0 atom stereocenters. The van der Waals surface area contributed by atoms with Crippen LogP contribution >= 0.6 is 24.0 Å². The molecule has 0 aromatic carbocycles. The van der Waals surface area contributed by atoms with Gasteiger partial charge in [0, 0.05) is 51.9 Å². The van der Waals surface area contributed by atoms with Crippen LogP contribution in [0.2, 0.25) is 0 Å². The van der Waals surface area contributed by atoms with Gasteiger partial charge in [0.2, 0.25) is 5.91 Å². The van der Waals surface area contributed by atoms with Gasteiger partial charge in [0.05, 0.1) is 6.54 Å². The number of rotatable bonds is 11. The van der Waals surface area contributed by atoms with Gasteiger partial charge in [0.15, 0.2) is 5.96 Å². The number of nitrogens with one attached hydrogen (secondary N) is 3. The number of halogens is 1. The molecule has 0 fully saturated rings. The zero-order chi connectivity index (χ0) is 18.4. The third kappa shape index (κ3) is 15.4. The molecule has 0 aromatic heterocycles. The maximum absolute atomic E-state index is 11.8. The Bertz CT molecular complexity index is 373. The van der Waals surface area contributed by atoms with Crippen LogP contribution in [-0.4, -0.2) is 76.8 Å². The maximum atomic E-state index is 11.8. The van der Waals surface area contributed by atoms with Crippen molar-refractivity contribution in [2.75, 3.05) is 60.0 Å². The molecule has 0 aliphatic heterocycles. The molecule has 0 aliphatic rings. The smallest absolute Gasteiger partial charge is 0.225 e. The standard InChI is InChI=1S/C17H37N5O2.HI/c1-7-18-16(20-10-9-19-15(23)17(2,3)4)21-11-13-22(5)12-8-14-24-6;/h7-14H2,1-6H3,(H,19,23)(H2,18,20,21);1H. The van der Waals surface area contributed by atoms with Crippen LogP contribution in [0.1, 0.15) is 34.1 Å². The van der Waals surface area contributed by atoms with Crippen molar-refractivity contribution >= 4 is 35.8 Å². The molecule has 25 heavy (non-hydrogen) atoms. The monoisotopic (exact) mass is 471 g/mol. The lowest BCUT2D eigenvalue weighted by Gasteiger charge is -2.18. The van der Waals surface area contributed by atoms with Gasteiger partial charge in [0.1, 0.15) is 0 Å². The first-order chi connectivity index (χ1) is 11.3. The van der Waals surface area contributed by atoms with Crippen molar-refractivity contribution in [3.8, 4) is 0 Å². The molecule has 0 saturated heterocycles. The van der Waals surface area contributed by atoms with Crippen molar-refractivity contribution in [1.82, 2.24) is 20.9 Å². The highest BCUT2D eigenvalue weighted by atomic mass is 127. The minimum absolute atomic E-state index is 0. The van der Waals surface area contributed by atoms with Crippen molar-refractivity contribution in [3.05, 3.63) is 0 Å². The summed E-state index contributed by atoms with van der Waals surface area (Å²) in [5.74, 6) is 0.844. The lowest BCUT2D eigenvalue weighted by atomic mass is 9.96. The molecule has 0 bridgehead atoms. The van der Waals surface area contributed by atoms with E-state index in [2.05, 4.69) is 32.9 Å². The fraction of sp³-hybridized carbons (Fsp3) is 0.882. The van der Waals surface area contributed by atoms with Crippen molar-refractivity contribution in [1.29, 1.82) is 0 Å². The minimum Gasteiger partial charge on any atom is -0.385 e. The molecular weight excluding hydrogens is 433 g/mol. The Kier molecular flexibility index (Phi) is 16.6. The number of hydrogen-bond donors (Lipinski definition) is 3. The van der Waals surface area contributed by atoms with Crippen LogP contribution in [0.25, 0.3) is 0 Å². The molecule has 0 aliphatic carbocycles. The van der Waals surface area contributed by atoms with Gasteiger partial charge >= 0.3 is 0 Å². The molecule has 150 valence electrons. The first-order valence-electron chi connectivity index (χ1n) is 8.79. The molecule has 8 heteroatoms. The van der Waals surface area contributed by atoms with Gasteiger partial charge in [0.25, 0.3) is 0 Å². The fourth-order valence-electron chi connectivity index (χ4n) is 1.89. The molecule has 0 aromatic rings. The Labute approximate surface area is 170 Å². The van der Waals surface area contributed by atoms with Crippen molar-refractivity contribution in [2.45, 2.75) is 34.1 Å². The van der Waals surface area contributed by atoms with Crippen LogP contribution in [-0.2, 0) is 9.53 Å². The Morgan fingerprint density at radius 2 is 1.76 bits per heavy atom. The summed E-state index contributed by atoms with van der Waals surface area (Å²) in [5, 5.41) is 9.37. The number of aliphatic imine (C=N–C) groups is 1. The molecule has 0 radical (unpaired) electrons. The van der Waals surface area contributed by atoms with Crippen LogP contribution in [0.15, 0.2) is 4.99 Å². The molecule has 1 amide bonds. The molecule has 0 unspecified atom stereocenters. The molecule has 3 N–H and O–H groups in total. The lowest BCUT2D eigenvalue weighted by Crippen LogP contribution is -2.43. The summed E-state index contributed by atoms with van der Waals surface area (Å²) in [6.07, 6.45) is 1.03. The fourth-order valence-corrected chi connectivity index (χ4v) is 1.89. The highest BCUT2D eigenvalue weighted by Crippen LogP contribution is 2.11. The zero-order valence-electron chi connectivity index (χ0n) is 16.8. The molecule has 0 heterocycles. The van der Waals surface area contributed by atoms with Gasteiger partial charge in [-0.2, -0.15) is 0 Å². The zero-order valence-corrected chi connectivity index (χ0v) is 19.1. The van der Waals surface area contributed by atoms with Crippen LogP contribution in [0.3, 0.4) is 0 Å². The number of ether oxygens (including phenoxy) is 1. The summed E-state index contributed by atoms with van der Waals surface area (Å²) in [6.45, 7) is 13.2. The minimum atomic E-state index is -0.355. The number of hydrogen-bond acceptors (Lipinski definition) is 4. The summed E-state index contributed by atoms with van der Waals surface area (Å²) >= 11 is 0. The van der Waals surface area contributed by atoms with Gasteiger partial charge < -0.3 is 25.6 Å². The van der Waals surface area contributed by atoms with Crippen LogP contribution in [0, 0.1) is 5.41 Å². The van der Waals surface area contributed by atoms with E-state index in [1.165, 1.54) is 0 Å². The summed E-state index contributed by atoms with van der Waals surface area (Å²) in [7, 11) is 3.82. The van der Waals surface area contributed by atoms with E-state index in [-0.39, 0.29) is 35.3 Å². The first-order valence-corrected chi connectivity index (χ1v) is 8.79. The second-order valence-electron chi connectivity index (χ2n) is 6.84. The number of methoxy groups -OCH3 is 1. The predicted octanol–water partition coefficient (Wildman–Crippen LogP) is 1.29. The summed E-state index contributed by atoms with van der Waals surface area (Å²) in [4.78, 5) is 18.6. The molecule has 0 rings (SSSR count). The van der Waals surface area contributed by atoms with Gasteiger partial charge in [-0.15, -0.1) is 24.0 Å². The number of carbonyl (C=O) groups excluding carboxylic acids is 1. The molecule has 0 spiro atoms. The van der Waals surface area contributed by atoms with Crippen molar-refractivity contribution in [3.63, 3.8) is 0 Å². The number of guanidine groups is 1. The third-order valence-corrected chi connectivity index (χ3v) is 3.37. The van der Waals surface area contributed by atoms with E-state index in [0.717, 1.165) is 45.2 Å². The second-order valence-corrected chi connectivity index (χ2v) is 6.84.